The fraction of sp³-hybridized carbons (Fsp3) is 0.250. The quantitative estimate of drug-likeness (QED) is 0.881. The van der Waals surface area contributed by atoms with Gasteiger partial charge in [0.05, 0.1) is 26.0 Å². The topological polar surface area (TPSA) is 70.5 Å². The first kappa shape index (κ1) is 11.3. The molecule has 0 bridgehead atoms. The molecule has 0 aliphatic heterocycles. The Hall–Kier alpha value is -2.17. The molecular formula is C12H14N2O3. The lowest BCUT2D eigenvalue weighted by atomic mass is 10.0. The Morgan fingerprint density at radius 2 is 1.82 bits per heavy atom. The monoisotopic (exact) mass is 234 g/mol. The molecule has 1 heterocycles. The minimum absolute atomic E-state index is 0.264. The van der Waals surface area contributed by atoms with Crippen LogP contribution in [0.15, 0.2) is 22.9 Å². The number of aromatic nitrogens is 1. The number of rotatable bonds is 3. The average molecular weight is 234 g/mol. The number of nitrogen functional groups attached to an aromatic ring is 1. The van der Waals surface area contributed by atoms with Gasteiger partial charge in [-0.1, -0.05) is 5.16 Å². The van der Waals surface area contributed by atoms with Gasteiger partial charge in [0, 0.05) is 11.1 Å². The largest absolute Gasteiger partial charge is 0.496 e. The number of benzene rings is 1. The van der Waals surface area contributed by atoms with Gasteiger partial charge in [0.25, 0.3) is 0 Å². The number of ether oxygens (including phenoxy) is 2. The van der Waals surface area contributed by atoms with E-state index in [-0.39, 0.29) is 5.88 Å². The lowest BCUT2D eigenvalue weighted by Crippen LogP contribution is -1.96. The molecule has 2 aromatic rings. The molecule has 0 atom stereocenters. The maximum Gasteiger partial charge on any atom is 0.230 e. The van der Waals surface area contributed by atoms with Crippen LogP contribution in [0.4, 0.5) is 5.88 Å². The highest BCUT2D eigenvalue weighted by Gasteiger charge is 2.17. The first-order chi connectivity index (χ1) is 8.19. The highest BCUT2D eigenvalue weighted by atomic mass is 16.5. The second kappa shape index (κ2) is 4.37. The van der Waals surface area contributed by atoms with Crippen LogP contribution in [-0.4, -0.2) is 19.4 Å². The summed E-state index contributed by atoms with van der Waals surface area (Å²) in [5.41, 5.74) is 8.21. The van der Waals surface area contributed by atoms with Crippen molar-refractivity contribution in [2.24, 2.45) is 0 Å². The van der Waals surface area contributed by atoms with Crippen molar-refractivity contribution in [1.29, 1.82) is 0 Å². The average Bonchev–Trinajstić information content (AvgIpc) is 2.75. The molecule has 0 saturated carbocycles. The second-order valence-corrected chi connectivity index (χ2v) is 3.57. The van der Waals surface area contributed by atoms with Crippen LogP contribution >= 0.6 is 0 Å². The van der Waals surface area contributed by atoms with Gasteiger partial charge in [-0.15, -0.1) is 0 Å². The minimum atomic E-state index is 0.264. The number of anilines is 1. The van der Waals surface area contributed by atoms with Crippen molar-refractivity contribution in [3.8, 4) is 22.6 Å². The van der Waals surface area contributed by atoms with Gasteiger partial charge < -0.3 is 19.7 Å². The molecule has 0 spiro atoms. The van der Waals surface area contributed by atoms with Crippen LogP contribution in [-0.2, 0) is 0 Å². The molecule has 1 aromatic carbocycles. The van der Waals surface area contributed by atoms with Crippen molar-refractivity contribution in [2.45, 2.75) is 6.92 Å². The Morgan fingerprint density at radius 3 is 2.35 bits per heavy atom. The zero-order valence-electron chi connectivity index (χ0n) is 9.98. The highest BCUT2D eigenvalue weighted by Crippen LogP contribution is 2.40. The highest BCUT2D eigenvalue weighted by molar-refractivity contribution is 5.81. The predicted molar refractivity (Wildman–Crippen MR) is 64.2 cm³/mol. The number of hydrogen-bond donors (Lipinski definition) is 1. The van der Waals surface area contributed by atoms with E-state index in [1.807, 2.05) is 19.1 Å². The van der Waals surface area contributed by atoms with E-state index in [4.69, 9.17) is 19.7 Å². The summed E-state index contributed by atoms with van der Waals surface area (Å²) in [6.07, 6.45) is 1.57. The van der Waals surface area contributed by atoms with Gasteiger partial charge in [-0.2, -0.15) is 0 Å². The molecule has 17 heavy (non-hydrogen) atoms. The second-order valence-electron chi connectivity index (χ2n) is 3.57. The standard InChI is InChI=1S/C12H14N2O3/c1-7-9(15-2)4-5-10(16-3)11(7)8-6-14-17-12(8)13/h4-6H,13H2,1-3H3. The fourth-order valence-electron chi connectivity index (χ4n) is 1.83. The molecule has 0 saturated heterocycles. The summed E-state index contributed by atoms with van der Waals surface area (Å²) in [6.45, 7) is 1.93. The predicted octanol–water partition coefficient (Wildman–Crippen LogP) is 2.25. The van der Waals surface area contributed by atoms with Gasteiger partial charge in [-0.05, 0) is 19.1 Å². The molecule has 0 radical (unpaired) electrons. The third kappa shape index (κ3) is 1.80. The molecule has 5 heteroatoms. The molecular weight excluding hydrogens is 220 g/mol. The van der Waals surface area contributed by atoms with Crippen molar-refractivity contribution in [3.05, 3.63) is 23.9 Å². The summed E-state index contributed by atoms with van der Waals surface area (Å²) in [7, 11) is 3.23. The van der Waals surface area contributed by atoms with Gasteiger partial charge >= 0.3 is 0 Å². The van der Waals surface area contributed by atoms with Gasteiger partial charge in [0.15, 0.2) is 0 Å². The number of hydrogen-bond acceptors (Lipinski definition) is 5. The van der Waals surface area contributed by atoms with Gasteiger partial charge in [0.1, 0.15) is 11.5 Å². The number of nitrogens with two attached hydrogens (primary N) is 1. The molecule has 0 fully saturated rings. The van der Waals surface area contributed by atoms with Gasteiger partial charge in [-0.3, -0.25) is 0 Å². The maximum atomic E-state index is 5.73. The molecule has 0 unspecified atom stereocenters. The van der Waals surface area contributed by atoms with E-state index in [9.17, 15) is 0 Å². The Bertz CT molecular complexity index is 535. The van der Waals surface area contributed by atoms with Crippen LogP contribution in [0.1, 0.15) is 5.56 Å². The Labute approximate surface area is 99.1 Å². The van der Waals surface area contributed by atoms with Crippen LogP contribution in [0.25, 0.3) is 11.1 Å². The van der Waals surface area contributed by atoms with Crippen molar-refractivity contribution in [1.82, 2.24) is 5.16 Å². The Kier molecular flexibility index (Phi) is 2.91. The number of nitrogens with zero attached hydrogens (tertiary/aromatic N) is 1. The summed E-state index contributed by atoms with van der Waals surface area (Å²) < 4.78 is 15.5. The summed E-state index contributed by atoms with van der Waals surface area (Å²) in [5.74, 6) is 1.74. The van der Waals surface area contributed by atoms with E-state index in [1.165, 1.54) is 0 Å². The van der Waals surface area contributed by atoms with Crippen LogP contribution in [0.3, 0.4) is 0 Å². The molecule has 0 aliphatic carbocycles. The SMILES string of the molecule is COc1ccc(OC)c(-c2cnoc2N)c1C. The van der Waals surface area contributed by atoms with Crippen LogP contribution in [0, 0.1) is 6.92 Å². The lowest BCUT2D eigenvalue weighted by molar-refractivity contribution is 0.402. The van der Waals surface area contributed by atoms with Crippen molar-refractivity contribution >= 4 is 5.88 Å². The van der Waals surface area contributed by atoms with Crippen LogP contribution < -0.4 is 15.2 Å². The smallest absolute Gasteiger partial charge is 0.230 e. The normalized spacial score (nSPS) is 10.3. The summed E-state index contributed by atoms with van der Waals surface area (Å²) in [6, 6.07) is 3.68. The van der Waals surface area contributed by atoms with E-state index < -0.39 is 0 Å². The van der Waals surface area contributed by atoms with E-state index in [0.29, 0.717) is 11.3 Å². The molecule has 2 rings (SSSR count). The summed E-state index contributed by atoms with van der Waals surface area (Å²) in [5, 5.41) is 3.67. The lowest BCUT2D eigenvalue weighted by Gasteiger charge is -2.13. The van der Waals surface area contributed by atoms with Crippen molar-refractivity contribution < 1.29 is 14.0 Å². The zero-order valence-corrected chi connectivity index (χ0v) is 9.98. The molecule has 1 aromatic heterocycles. The van der Waals surface area contributed by atoms with Crippen molar-refractivity contribution in [3.63, 3.8) is 0 Å². The third-order valence-electron chi connectivity index (χ3n) is 2.68. The van der Waals surface area contributed by atoms with E-state index in [0.717, 1.165) is 16.9 Å². The third-order valence-corrected chi connectivity index (χ3v) is 2.68. The van der Waals surface area contributed by atoms with E-state index >= 15 is 0 Å². The summed E-state index contributed by atoms with van der Waals surface area (Å²) >= 11 is 0. The molecule has 5 nitrogen and oxygen atoms in total. The first-order valence-corrected chi connectivity index (χ1v) is 5.11. The van der Waals surface area contributed by atoms with Gasteiger partial charge in [0.2, 0.25) is 5.88 Å². The van der Waals surface area contributed by atoms with E-state index in [2.05, 4.69) is 5.16 Å². The van der Waals surface area contributed by atoms with Crippen LogP contribution in [0.2, 0.25) is 0 Å². The molecule has 0 amide bonds. The summed E-state index contributed by atoms with van der Waals surface area (Å²) in [4.78, 5) is 0. The molecule has 90 valence electrons. The molecule has 2 N–H and O–H groups in total. The van der Waals surface area contributed by atoms with Crippen LogP contribution in [0.5, 0.6) is 11.5 Å². The van der Waals surface area contributed by atoms with Crippen molar-refractivity contribution in [2.75, 3.05) is 20.0 Å². The maximum absolute atomic E-state index is 5.73. The Morgan fingerprint density at radius 1 is 1.18 bits per heavy atom. The zero-order chi connectivity index (χ0) is 12.4. The minimum Gasteiger partial charge on any atom is -0.496 e. The Balaban J connectivity index is 2.70. The molecule has 0 aliphatic rings. The van der Waals surface area contributed by atoms with E-state index in [1.54, 1.807) is 20.4 Å². The first-order valence-electron chi connectivity index (χ1n) is 5.11. The number of methoxy groups -OCH3 is 2. The fourth-order valence-corrected chi connectivity index (χ4v) is 1.83. The van der Waals surface area contributed by atoms with Gasteiger partial charge in [-0.25, -0.2) is 0 Å².